The molecular weight excluding hydrogens is 278 g/mol. The molecule has 0 spiro atoms. The van der Waals surface area contributed by atoms with Crippen molar-refractivity contribution < 1.29 is 14.2 Å². The van der Waals surface area contributed by atoms with E-state index in [2.05, 4.69) is 10.5 Å². The summed E-state index contributed by atoms with van der Waals surface area (Å²) in [5.41, 5.74) is 6.86. The van der Waals surface area contributed by atoms with Crippen molar-refractivity contribution in [1.82, 2.24) is 5.32 Å². The van der Waals surface area contributed by atoms with E-state index >= 15 is 0 Å². The minimum absolute atomic E-state index is 0.0306. The van der Waals surface area contributed by atoms with Crippen LogP contribution in [0.5, 0.6) is 0 Å². The number of nitrogens with one attached hydrogen (secondary N) is 1. The monoisotopic (exact) mass is 297 g/mol. The number of benzene rings is 1. The number of hydrogen-bond donors (Lipinski definition) is 3. The van der Waals surface area contributed by atoms with Crippen molar-refractivity contribution in [2.75, 3.05) is 18.1 Å². The Balaban J connectivity index is 2.44. The molecule has 0 aliphatic heterocycles. The van der Waals surface area contributed by atoms with Crippen LogP contribution in [0.15, 0.2) is 29.4 Å². The van der Waals surface area contributed by atoms with Crippen LogP contribution in [-0.4, -0.2) is 39.2 Å². The number of oxime groups is 1. The summed E-state index contributed by atoms with van der Waals surface area (Å²) in [5.74, 6) is 0.994. The lowest BCUT2D eigenvalue weighted by Crippen LogP contribution is -2.29. The zero-order valence-corrected chi connectivity index (χ0v) is 12.2. The molecule has 1 atom stereocenters. The molecule has 0 aromatic heterocycles. The lowest BCUT2D eigenvalue weighted by Gasteiger charge is -2.05. The molecular formula is C13H19N3O3S. The SMILES string of the molecule is CCS(=O)CCNC(=O)Cc1ccc(/C(N)=N/O)cc1. The molecule has 1 aromatic carbocycles. The molecule has 0 saturated heterocycles. The number of nitrogens with zero attached hydrogens (tertiary/aromatic N) is 1. The largest absolute Gasteiger partial charge is 0.409 e. The Labute approximate surface area is 120 Å². The maximum Gasteiger partial charge on any atom is 0.224 e. The summed E-state index contributed by atoms with van der Waals surface area (Å²) in [6, 6.07) is 6.86. The Morgan fingerprint density at radius 2 is 2.05 bits per heavy atom. The zero-order valence-electron chi connectivity index (χ0n) is 11.3. The fraction of sp³-hybridized carbons (Fsp3) is 0.385. The maximum absolute atomic E-state index is 11.7. The van der Waals surface area contributed by atoms with Gasteiger partial charge in [-0.1, -0.05) is 36.3 Å². The van der Waals surface area contributed by atoms with E-state index in [1.807, 2.05) is 6.92 Å². The number of amides is 1. The van der Waals surface area contributed by atoms with Gasteiger partial charge < -0.3 is 16.3 Å². The number of carbonyl (C=O) groups excluding carboxylic acids is 1. The third-order valence-electron chi connectivity index (χ3n) is 2.70. The molecule has 1 amide bonds. The normalized spacial score (nSPS) is 12.9. The van der Waals surface area contributed by atoms with Gasteiger partial charge >= 0.3 is 0 Å². The van der Waals surface area contributed by atoms with Gasteiger partial charge in [-0.05, 0) is 5.56 Å². The van der Waals surface area contributed by atoms with Gasteiger partial charge in [0.1, 0.15) is 0 Å². The summed E-state index contributed by atoms with van der Waals surface area (Å²) in [5, 5.41) is 14.2. The summed E-state index contributed by atoms with van der Waals surface area (Å²) < 4.78 is 11.2. The van der Waals surface area contributed by atoms with Crippen molar-refractivity contribution in [2.24, 2.45) is 10.9 Å². The maximum atomic E-state index is 11.7. The molecule has 1 aromatic rings. The van der Waals surface area contributed by atoms with Gasteiger partial charge in [-0.2, -0.15) is 0 Å². The molecule has 1 unspecified atom stereocenters. The molecule has 0 heterocycles. The van der Waals surface area contributed by atoms with E-state index in [0.29, 0.717) is 23.6 Å². The first-order valence-corrected chi connectivity index (χ1v) is 7.74. The topological polar surface area (TPSA) is 105 Å². The van der Waals surface area contributed by atoms with E-state index < -0.39 is 10.8 Å². The molecule has 0 fully saturated rings. The molecule has 7 heteroatoms. The fourth-order valence-electron chi connectivity index (χ4n) is 1.55. The number of amidine groups is 1. The predicted molar refractivity (Wildman–Crippen MR) is 79.2 cm³/mol. The van der Waals surface area contributed by atoms with E-state index in [-0.39, 0.29) is 18.2 Å². The molecule has 0 bridgehead atoms. The molecule has 6 nitrogen and oxygen atoms in total. The van der Waals surface area contributed by atoms with E-state index in [1.165, 1.54) is 0 Å². The van der Waals surface area contributed by atoms with E-state index in [0.717, 1.165) is 5.56 Å². The Hall–Kier alpha value is -1.89. The molecule has 1 rings (SSSR count). The molecule has 4 N–H and O–H groups in total. The van der Waals surface area contributed by atoms with Gasteiger partial charge in [-0.25, -0.2) is 0 Å². The quantitative estimate of drug-likeness (QED) is 0.289. The minimum atomic E-state index is -0.865. The first-order chi connectivity index (χ1) is 9.56. The second kappa shape index (κ2) is 8.31. The van der Waals surface area contributed by atoms with Crippen LogP contribution in [0, 0.1) is 0 Å². The van der Waals surface area contributed by atoms with Gasteiger partial charge in [-0.3, -0.25) is 9.00 Å². The lowest BCUT2D eigenvalue weighted by atomic mass is 10.1. The second-order valence-electron chi connectivity index (χ2n) is 4.14. The number of carbonyl (C=O) groups is 1. The Bertz CT molecular complexity index is 500. The van der Waals surface area contributed by atoms with Crippen LogP contribution < -0.4 is 11.1 Å². The van der Waals surface area contributed by atoms with Gasteiger partial charge in [0.15, 0.2) is 5.84 Å². The van der Waals surface area contributed by atoms with E-state index in [4.69, 9.17) is 10.9 Å². The summed E-state index contributed by atoms with van der Waals surface area (Å²) in [6.45, 7) is 2.27. The smallest absolute Gasteiger partial charge is 0.224 e. The Kier molecular flexibility index (Phi) is 6.72. The van der Waals surface area contributed by atoms with Crippen LogP contribution in [0.2, 0.25) is 0 Å². The standard InChI is InChI=1S/C13H19N3O3S/c1-2-20(19)8-7-15-12(17)9-10-3-5-11(6-4-10)13(14)16-18/h3-6,18H,2,7-9H2,1H3,(H2,14,16)(H,15,17). The van der Waals surface area contributed by atoms with E-state index in [9.17, 15) is 9.00 Å². The Morgan fingerprint density at radius 1 is 1.40 bits per heavy atom. The lowest BCUT2D eigenvalue weighted by molar-refractivity contribution is -0.120. The Morgan fingerprint density at radius 3 is 2.60 bits per heavy atom. The van der Waals surface area contributed by atoms with Crippen LogP contribution in [0.4, 0.5) is 0 Å². The third-order valence-corrected chi connectivity index (χ3v) is 4.00. The summed E-state index contributed by atoms with van der Waals surface area (Å²) in [7, 11) is -0.865. The van der Waals surface area contributed by atoms with Crippen LogP contribution in [0.1, 0.15) is 18.1 Å². The highest BCUT2D eigenvalue weighted by Crippen LogP contribution is 2.05. The van der Waals surface area contributed by atoms with Crippen molar-refractivity contribution in [3.05, 3.63) is 35.4 Å². The van der Waals surface area contributed by atoms with Gasteiger partial charge in [-0.15, -0.1) is 0 Å². The summed E-state index contributed by atoms with van der Waals surface area (Å²) >= 11 is 0. The van der Waals surface area contributed by atoms with Crippen LogP contribution >= 0.6 is 0 Å². The minimum Gasteiger partial charge on any atom is -0.409 e. The molecule has 0 aliphatic rings. The van der Waals surface area contributed by atoms with Gasteiger partial charge in [0.2, 0.25) is 5.91 Å². The number of nitrogens with two attached hydrogens (primary N) is 1. The molecule has 0 aliphatic carbocycles. The van der Waals surface area contributed by atoms with Crippen molar-refractivity contribution in [3.8, 4) is 0 Å². The van der Waals surface area contributed by atoms with Crippen LogP contribution in [0.25, 0.3) is 0 Å². The van der Waals surface area contributed by atoms with Gasteiger partial charge in [0, 0.05) is 34.4 Å². The number of rotatable bonds is 7. The van der Waals surface area contributed by atoms with E-state index in [1.54, 1.807) is 24.3 Å². The first kappa shape index (κ1) is 16.2. The molecule has 0 saturated carbocycles. The fourth-order valence-corrected chi connectivity index (χ4v) is 2.17. The third kappa shape index (κ3) is 5.40. The van der Waals surface area contributed by atoms with Gasteiger partial charge in [0.25, 0.3) is 0 Å². The molecule has 20 heavy (non-hydrogen) atoms. The van der Waals surface area contributed by atoms with Crippen molar-refractivity contribution in [3.63, 3.8) is 0 Å². The highest BCUT2D eigenvalue weighted by atomic mass is 32.2. The molecule has 110 valence electrons. The van der Waals surface area contributed by atoms with Crippen molar-refractivity contribution in [2.45, 2.75) is 13.3 Å². The summed E-state index contributed by atoms with van der Waals surface area (Å²) in [6.07, 6.45) is 0.245. The summed E-state index contributed by atoms with van der Waals surface area (Å²) in [4.78, 5) is 11.7. The van der Waals surface area contributed by atoms with Crippen molar-refractivity contribution >= 4 is 22.5 Å². The average Bonchev–Trinajstić information content (AvgIpc) is 2.47. The van der Waals surface area contributed by atoms with Crippen molar-refractivity contribution in [1.29, 1.82) is 0 Å². The number of hydrogen-bond acceptors (Lipinski definition) is 4. The molecule has 0 radical (unpaired) electrons. The van der Waals surface area contributed by atoms with Gasteiger partial charge in [0.05, 0.1) is 6.42 Å². The first-order valence-electron chi connectivity index (χ1n) is 6.25. The van der Waals surface area contributed by atoms with Crippen LogP contribution in [-0.2, 0) is 22.0 Å². The zero-order chi connectivity index (χ0) is 15.0. The highest BCUT2D eigenvalue weighted by Gasteiger charge is 2.05. The average molecular weight is 297 g/mol. The predicted octanol–water partition coefficient (Wildman–Crippen LogP) is 0.208. The van der Waals surface area contributed by atoms with Crippen LogP contribution in [0.3, 0.4) is 0 Å². The second-order valence-corrected chi connectivity index (χ2v) is 6.01. The highest BCUT2D eigenvalue weighted by molar-refractivity contribution is 7.84.